The van der Waals surface area contributed by atoms with Crippen LogP contribution in [0, 0.1) is 0 Å². The Kier molecular flexibility index (Phi) is 3.66. The molecule has 3 aromatic rings. The molecule has 0 amide bonds. The lowest BCUT2D eigenvalue weighted by Crippen LogP contribution is -1.97. The molecule has 0 spiro atoms. The SMILES string of the molecule is OC/C=C/c1cn(Cc2ccccc2)c2ccccc12. The summed E-state index contributed by atoms with van der Waals surface area (Å²) in [5, 5.41) is 10.2. The quantitative estimate of drug-likeness (QED) is 0.763. The Bertz CT molecular complexity index is 726. The van der Waals surface area contributed by atoms with Crippen LogP contribution in [0.1, 0.15) is 11.1 Å². The van der Waals surface area contributed by atoms with Crippen molar-refractivity contribution in [2.24, 2.45) is 0 Å². The van der Waals surface area contributed by atoms with Crippen molar-refractivity contribution in [3.8, 4) is 0 Å². The van der Waals surface area contributed by atoms with Gasteiger partial charge in [0, 0.05) is 23.6 Å². The van der Waals surface area contributed by atoms with Crippen LogP contribution >= 0.6 is 0 Å². The van der Waals surface area contributed by atoms with Crippen molar-refractivity contribution >= 4 is 17.0 Å². The zero-order chi connectivity index (χ0) is 13.8. The summed E-state index contributed by atoms with van der Waals surface area (Å²) in [6.45, 7) is 0.923. The third-order valence-corrected chi connectivity index (χ3v) is 3.42. The van der Waals surface area contributed by atoms with E-state index in [1.807, 2.05) is 18.2 Å². The molecular formula is C18H17NO. The second kappa shape index (κ2) is 5.76. The summed E-state index contributed by atoms with van der Waals surface area (Å²) in [5.74, 6) is 0. The molecule has 0 radical (unpaired) electrons. The number of aromatic nitrogens is 1. The summed E-state index contributed by atoms with van der Waals surface area (Å²) in [4.78, 5) is 0. The van der Waals surface area contributed by atoms with Gasteiger partial charge in [-0.3, -0.25) is 0 Å². The fourth-order valence-electron chi connectivity index (χ4n) is 2.50. The molecule has 100 valence electrons. The number of fused-ring (bicyclic) bond motifs is 1. The average molecular weight is 263 g/mol. The van der Waals surface area contributed by atoms with E-state index in [2.05, 4.69) is 53.2 Å². The molecule has 2 aromatic carbocycles. The van der Waals surface area contributed by atoms with Crippen LogP contribution in [0.5, 0.6) is 0 Å². The number of aliphatic hydroxyl groups excluding tert-OH is 1. The Morgan fingerprint density at radius 2 is 1.70 bits per heavy atom. The van der Waals surface area contributed by atoms with E-state index in [4.69, 9.17) is 5.11 Å². The molecule has 2 nitrogen and oxygen atoms in total. The van der Waals surface area contributed by atoms with Gasteiger partial charge in [0.25, 0.3) is 0 Å². The highest BCUT2D eigenvalue weighted by molar-refractivity contribution is 5.89. The minimum atomic E-state index is 0.0677. The molecule has 0 fully saturated rings. The topological polar surface area (TPSA) is 25.2 Å². The van der Waals surface area contributed by atoms with E-state index >= 15 is 0 Å². The number of rotatable bonds is 4. The number of hydrogen-bond acceptors (Lipinski definition) is 1. The Balaban J connectivity index is 2.04. The number of nitrogens with zero attached hydrogens (tertiary/aromatic N) is 1. The van der Waals surface area contributed by atoms with Crippen LogP contribution in [-0.2, 0) is 6.54 Å². The smallest absolute Gasteiger partial charge is 0.0615 e. The molecular weight excluding hydrogens is 246 g/mol. The van der Waals surface area contributed by atoms with Gasteiger partial charge >= 0.3 is 0 Å². The van der Waals surface area contributed by atoms with Gasteiger partial charge in [0.05, 0.1) is 6.61 Å². The lowest BCUT2D eigenvalue weighted by molar-refractivity contribution is 0.343. The van der Waals surface area contributed by atoms with Crippen LogP contribution in [0.3, 0.4) is 0 Å². The summed E-state index contributed by atoms with van der Waals surface area (Å²) < 4.78 is 2.25. The van der Waals surface area contributed by atoms with E-state index in [-0.39, 0.29) is 6.61 Å². The number of hydrogen-bond donors (Lipinski definition) is 1. The Morgan fingerprint density at radius 1 is 0.950 bits per heavy atom. The fraction of sp³-hybridized carbons (Fsp3) is 0.111. The number of aliphatic hydroxyl groups is 1. The van der Waals surface area contributed by atoms with E-state index in [1.165, 1.54) is 16.5 Å². The van der Waals surface area contributed by atoms with Gasteiger partial charge in [-0.15, -0.1) is 0 Å². The molecule has 0 saturated carbocycles. The molecule has 1 aromatic heterocycles. The first kappa shape index (κ1) is 12.7. The molecule has 0 unspecified atom stereocenters. The third-order valence-electron chi connectivity index (χ3n) is 3.42. The summed E-state index contributed by atoms with van der Waals surface area (Å²) in [6.07, 6.45) is 5.89. The van der Waals surface area contributed by atoms with Crippen LogP contribution in [0.4, 0.5) is 0 Å². The van der Waals surface area contributed by atoms with Gasteiger partial charge in [0.2, 0.25) is 0 Å². The normalized spacial score (nSPS) is 11.4. The van der Waals surface area contributed by atoms with Crippen LogP contribution in [0.15, 0.2) is 66.9 Å². The third kappa shape index (κ3) is 2.51. The molecule has 1 heterocycles. The Hall–Kier alpha value is -2.32. The van der Waals surface area contributed by atoms with Gasteiger partial charge in [-0.25, -0.2) is 0 Å². The van der Waals surface area contributed by atoms with E-state index in [0.29, 0.717) is 0 Å². The lowest BCUT2D eigenvalue weighted by Gasteiger charge is -2.05. The van der Waals surface area contributed by atoms with Crippen molar-refractivity contribution in [3.63, 3.8) is 0 Å². The highest BCUT2D eigenvalue weighted by Gasteiger charge is 2.06. The molecule has 0 aliphatic rings. The van der Waals surface area contributed by atoms with Crippen LogP contribution in [0.25, 0.3) is 17.0 Å². The summed E-state index contributed by atoms with van der Waals surface area (Å²) in [7, 11) is 0. The van der Waals surface area contributed by atoms with Gasteiger partial charge in [-0.1, -0.05) is 60.7 Å². The predicted molar refractivity (Wildman–Crippen MR) is 83.6 cm³/mol. The molecule has 0 saturated heterocycles. The van der Waals surface area contributed by atoms with Gasteiger partial charge in [0.1, 0.15) is 0 Å². The lowest BCUT2D eigenvalue weighted by atomic mass is 10.1. The Morgan fingerprint density at radius 3 is 2.50 bits per heavy atom. The zero-order valence-electron chi connectivity index (χ0n) is 11.2. The summed E-state index contributed by atoms with van der Waals surface area (Å²) >= 11 is 0. The maximum Gasteiger partial charge on any atom is 0.0615 e. The molecule has 0 aliphatic carbocycles. The molecule has 0 atom stereocenters. The van der Waals surface area contributed by atoms with Crippen LogP contribution in [-0.4, -0.2) is 16.3 Å². The second-order valence-corrected chi connectivity index (χ2v) is 4.80. The molecule has 20 heavy (non-hydrogen) atoms. The standard InChI is InChI=1S/C18H17NO/c20-12-6-9-16-14-19(13-15-7-2-1-3-8-15)18-11-5-4-10-17(16)18/h1-11,14,20H,12-13H2/b9-6+. The monoisotopic (exact) mass is 263 g/mol. The second-order valence-electron chi connectivity index (χ2n) is 4.80. The van der Waals surface area contributed by atoms with Gasteiger partial charge in [0.15, 0.2) is 0 Å². The summed E-state index contributed by atoms with van der Waals surface area (Å²) in [6, 6.07) is 18.8. The van der Waals surface area contributed by atoms with E-state index in [1.54, 1.807) is 6.08 Å². The highest BCUT2D eigenvalue weighted by atomic mass is 16.2. The molecule has 1 N–H and O–H groups in total. The Labute approximate surface area is 118 Å². The van der Waals surface area contributed by atoms with Crippen LogP contribution < -0.4 is 0 Å². The van der Waals surface area contributed by atoms with Crippen molar-refractivity contribution in [2.75, 3.05) is 6.61 Å². The minimum Gasteiger partial charge on any atom is -0.392 e. The fourth-order valence-corrected chi connectivity index (χ4v) is 2.50. The van der Waals surface area contributed by atoms with Gasteiger partial charge < -0.3 is 9.67 Å². The van der Waals surface area contributed by atoms with Crippen molar-refractivity contribution in [1.29, 1.82) is 0 Å². The van der Waals surface area contributed by atoms with Crippen LogP contribution in [0.2, 0.25) is 0 Å². The molecule has 2 heteroatoms. The maximum absolute atomic E-state index is 8.95. The van der Waals surface area contributed by atoms with Crippen molar-refractivity contribution in [3.05, 3.63) is 78.0 Å². The maximum atomic E-state index is 8.95. The van der Waals surface area contributed by atoms with Gasteiger partial charge in [-0.2, -0.15) is 0 Å². The highest BCUT2D eigenvalue weighted by Crippen LogP contribution is 2.23. The largest absolute Gasteiger partial charge is 0.392 e. The first-order valence-electron chi connectivity index (χ1n) is 6.77. The van der Waals surface area contributed by atoms with Crippen molar-refractivity contribution < 1.29 is 5.11 Å². The summed E-state index contributed by atoms with van der Waals surface area (Å²) in [5.41, 5.74) is 3.64. The van der Waals surface area contributed by atoms with Gasteiger partial charge in [-0.05, 0) is 17.2 Å². The van der Waals surface area contributed by atoms with Crippen molar-refractivity contribution in [1.82, 2.24) is 4.57 Å². The minimum absolute atomic E-state index is 0.0677. The van der Waals surface area contributed by atoms with E-state index < -0.39 is 0 Å². The molecule has 0 aliphatic heterocycles. The first-order valence-corrected chi connectivity index (χ1v) is 6.77. The molecule has 0 bridgehead atoms. The van der Waals surface area contributed by atoms with Crippen molar-refractivity contribution in [2.45, 2.75) is 6.54 Å². The molecule has 3 rings (SSSR count). The average Bonchev–Trinajstić information content (AvgIpc) is 2.85. The predicted octanol–water partition coefficient (Wildman–Crippen LogP) is 3.70. The number of benzene rings is 2. The van der Waals surface area contributed by atoms with E-state index in [9.17, 15) is 0 Å². The first-order chi connectivity index (χ1) is 9.88. The van der Waals surface area contributed by atoms with E-state index in [0.717, 1.165) is 12.1 Å². The zero-order valence-corrected chi connectivity index (χ0v) is 11.2. The number of para-hydroxylation sites is 1.